The van der Waals surface area contributed by atoms with Gasteiger partial charge in [-0.1, -0.05) is 23.9 Å². The predicted octanol–water partition coefficient (Wildman–Crippen LogP) is 2.09. The monoisotopic (exact) mass is 273 g/mol. The molecule has 98 valence electrons. The van der Waals surface area contributed by atoms with Gasteiger partial charge in [0.2, 0.25) is 0 Å². The molecule has 0 spiro atoms. The fourth-order valence-electron chi connectivity index (χ4n) is 1.98. The summed E-state index contributed by atoms with van der Waals surface area (Å²) in [5.74, 6) is 0. The lowest BCUT2D eigenvalue weighted by molar-refractivity contribution is 0.766. The maximum atomic E-state index is 5.86. The summed E-state index contributed by atoms with van der Waals surface area (Å²) in [5, 5.41) is 5.24. The van der Waals surface area contributed by atoms with Gasteiger partial charge in [-0.3, -0.25) is 4.68 Å². The molecule has 0 saturated heterocycles. The first-order chi connectivity index (χ1) is 9.26. The third-order valence-electron chi connectivity index (χ3n) is 2.93. The van der Waals surface area contributed by atoms with Crippen molar-refractivity contribution >= 4 is 22.8 Å². The first kappa shape index (κ1) is 12.3. The zero-order chi connectivity index (χ0) is 13.2. The average Bonchev–Trinajstić information content (AvgIpc) is 3.01. The lowest BCUT2D eigenvalue weighted by Gasteiger charge is -2.09. The van der Waals surface area contributed by atoms with Crippen LogP contribution in [0.25, 0.3) is 11.0 Å². The molecule has 6 heteroatoms. The predicted molar refractivity (Wildman–Crippen MR) is 77.0 cm³/mol. The Hall–Kier alpha value is -1.79. The van der Waals surface area contributed by atoms with Crippen molar-refractivity contribution in [2.75, 3.05) is 6.54 Å². The Morgan fingerprint density at radius 1 is 1.42 bits per heavy atom. The first-order valence-electron chi connectivity index (χ1n) is 6.06. The van der Waals surface area contributed by atoms with Crippen LogP contribution in [0.3, 0.4) is 0 Å². The lowest BCUT2D eigenvalue weighted by Crippen LogP contribution is -2.08. The summed E-state index contributed by atoms with van der Waals surface area (Å²) in [4.78, 5) is 7.86. The maximum Gasteiger partial charge on any atom is 0.167 e. The summed E-state index contributed by atoms with van der Waals surface area (Å²) < 4.78 is 1.79. The van der Waals surface area contributed by atoms with E-state index in [2.05, 4.69) is 15.1 Å². The standard InChI is InChI=1S/C13H15N5S/c1-18-8-9(7-15-18)12(6-14)19-13-16-10-4-2-3-5-11(10)17-13/h2-5,7-8,12H,6,14H2,1H3,(H,16,17). The number of nitrogens with one attached hydrogen (secondary N) is 1. The van der Waals surface area contributed by atoms with Crippen molar-refractivity contribution in [1.82, 2.24) is 19.7 Å². The summed E-state index contributed by atoms with van der Waals surface area (Å²) in [6.07, 6.45) is 3.85. The Bertz CT molecular complexity index is 654. The maximum absolute atomic E-state index is 5.86. The fourth-order valence-corrected chi connectivity index (χ4v) is 2.92. The quantitative estimate of drug-likeness (QED) is 0.714. The third-order valence-corrected chi connectivity index (χ3v) is 4.10. The van der Waals surface area contributed by atoms with E-state index < -0.39 is 0 Å². The van der Waals surface area contributed by atoms with Crippen LogP contribution in [0.1, 0.15) is 10.8 Å². The van der Waals surface area contributed by atoms with Crippen LogP contribution in [0.15, 0.2) is 41.8 Å². The number of para-hydroxylation sites is 2. The van der Waals surface area contributed by atoms with E-state index in [9.17, 15) is 0 Å². The van der Waals surface area contributed by atoms with Gasteiger partial charge in [0.1, 0.15) is 0 Å². The van der Waals surface area contributed by atoms with Gasteiger partial charge in [0.05, 0.1) is 22.5 Å². The number of benzene rings is 1. The van der Waals surface area contributed by atoms with Crippen LogP contribution < -0.4 is 5.73 Å². The molecule has 3 aromatic rings. The van der Waals surface area contributed by atoms with Crippen LogP contribution in [-0.2, 0) is 7.05 Å². The molecule has 0 aliphatic carbocycles. The minimum Gasteiger partial charge on any atom is -0.333 e. The number of hydrogen-bond acceptors (Lipinski definition) is 4. The number of aryl methyl sites for hydroxylation is 1. The number of aromatic amines is 1. The molecule has 0 amide bonds. The van der Waals surface area contributed by atoms with Gasteiger partial charge in [0.15, 0.2) is 5.16 Å². The highest BCUT2D eigenvalue weighted by molar-refractivity contribution is 7.99. The molecule has 2 aromatic heterocycles. The molecule has 0 saturated carbocycles. The highest BCUT2D eigenvalue weighted by Gasteiger charge is 2.15. The molecular weight excluding hydrogens is 258 g/mol. The summed E-state index contributed by atoms with van der Waals surface area (Å²) >= 11 is 1.64. The number of rotatable bonds is 4. The highest BCUT2D eigenvalue weighted by atomic mass is 32.2. The zero-order valence-electron chi connectivity index (χ0n) is 10.6. The minimum absolute atomic E-state index is 0.161. The van der Waals surface area contributed by atoms with Crippen molar-refractivity contribution in [3.63, 3.8) is 0 Å². The van der Waals surface area contributed by atoms with Crippen molar-refractivity contribution in [2.24, 2.45) is 12.8 Å². The van der Waals surface area contributed by atoms with Gasteiger partial charge in [-0.05, 0) is 12.1 Å². The molecular formula is C13H15N5S. The molecule has 0 aliphatic heterocycles. The van der Waals surface area contributed by atoms with Gasteiger partial charge >= 0.3 is 0 Å². The second-order valence-corrected chi connectivity index (χ2v) is 5.54. The molecule has 19 heavy (non-hydrogen) atoms. The van der Waals surface area contributed by atoms with Crippen LogP contribution in [0.4, 0.5) is 0 Å². The van der Waals surface area contributed by atoms with Crippen molar-refractivity contribution < 1.29 is 0 Å². The molecule has 1 atom stereocenters. The molecule has 0 fully saturated rings. The minimum atomic E-state index is 0.161. The Kier molecular flexibility index (Phi) is 3.27. The summed E-state index contributed by atoms with van der Waals surface area (Å²) in [6, 6.07) is 8.00. The van der Waals surface area contributed by atoms with Crippen LogP contribution in [0.5, 0.6) is 0 Å². The first-order valence-corrected chi connectivity index (χ1v) is 6.94. The molecule has 0 bridgehead atoms. The van der Waals surface area contributed by atoms with E-state index in [1.165, 1.54) is 0 Å². The molecule has 3 N–H and O–H groups in total. The number of hydrogen-bond donors (Lipinski definition) is 2. The molecule has 3 rings (SSSR count). The molecule has 0 radical (unpaired) electrons. The Morgan fingerprint density at radius 3 is 2.95 bits per heavy atom. The number of thioether (sulfide) groups is 1. The van der Waals surface area contributed by atoms with Gasteiger partial charge in [-0.25, -0.2) is 4.98 Å². The summed E-state index contributed by atoms with van der Waals surface area (Å²) in [5.41, 5.74) is 9.00. The van der Waals surface area contributed by atoms with Gasteiger partial charge in [-0.2, -0.15) is 5.10 Å². The SMILES string of the molecule is Cn1cc(C(CN)Sc2nc3ccccc3[nH]2)cn1. The number of fused-ring (bicyclic) bond motifs is 1. The average molecular weight is 273 g/mol. The number of aromatic nitrogens is 4. The second kappa shape index (κ2) is 5.07. The van der Waals surface area contributed by atoms with E-state index in [4.69, 9.17) is 5.73 Å². The Balaban J connectivity index is 1.86. The van der Waals surface area contributed by atoms with E-state index in [1.54, 1.807) is 16.4 Å². The van der Waals surface area contributed by atoms with E-state index in [0.29, 0.717) is 6.54 Å². The molecule has 2 heterocycles. The Labute approximate surface area is 115 Å². The van der Waals surface area contributed by atoms with E-state index in [0.717, 1.165) is 21.8 Å². The molecule has 5 nitrogen and oxygen atoms in total. The van der Waals surface area contributed by atoms with Crippen molar-refractivity contribution in [2.45, 2.75) is 10.4 Å². The zero-order valence-corrected chi connectivity index (χ0v) is 11.4. The molecule has 1 aromatic carbocycles. The number of nitrogens with two attached hydrogens (primary N) is 1. The van der Waals surface area contributed by atoms with Crippen molar-refractivity contribution in [1.29, 1.82) is 0 Å². The van der Waals surface area contributed by atoms with Crippen LogP contribution in [0, 0.1) is 0 Å². The topological polar surface area (TPSA) is 72.5 Å². The van der Waals surface area contributed by atoms with Crippen LogP contribution >= 0.6 is 11.8 Å². The fraction of sp³-hybridized carbons (Fsp3) is 0.231. The van der Waals surface area contributed by atoms with Crippen molar-refractivity contribution in [3.8, 4) is 0 Å². The normalized spacial score (nSPS) is 12.9. The molecule has 1 unspecified atom stereocenters. The largest absolute Gasteiger partial charge is 0.333 e. The number of imidazole rings is 1. The van der Waals surface area contributed by atoms with Gasteiger partial charge in [0, 0.05) is 25.4 Å². The van der Waals surface area contributed by atoms with E-state index in [-0.39, 0.29) is 5.25 Å². The van der Waals surface area contributed by atoms with Gasteiger partial charge < -0.3 is 10.7 Å². The number of nitrogens with zero attached hydrogens (tertiary/aromatic N) is 3. The smallest absolute Gasteiger partial charge is 0.167 e. The number of H-pyrrole nitrogens is 1. The van der Waals surface area contributed by atoms with E-state index >= 15 is 0 Å². The van der Waals surface area contributed by atoms with E-state index in [1.807, 2.05) is 43.7 Å². The summed E-state index contributed by atoms with van der Waals surface area (Å²) in [7, 11) is 1.91. The second-order valence-electron chi connectivity index (χ2n) is 4.35. The van der Waals surface area contributed by atoms with Crippen molar-refractivity contribution in [3.05, 3.63) is 42.2 Å². The van der Waals surface area contributed by atoms with Gasteiger partial charge in [0.25, 0.3) is 0 Å². The molecule has 0 aliphatic rings. The highest BCUT2D eigenvalue weighted by Crippen LogP contribution is 2.33. The van der Waals surface area contributed by atoms with Crippen LogP contribution in [0.2, 0.25) is 0 Å². The van der Waals surface area contributed by atoms with Gasteiger partial charge in [-0.15, -0.1) is 0 Å². The third kappa shape index (κ3) is 2.50. The Morgan fingerprint density at radius 2 is 2.26 bits per heavy atom. The summed E-state index contributed by atoms with van der Waals surface area (Å²) in [6.45, 7) is 0.549. The van der Waals surface area contributed by atoms with Crippen LogP contribution in [-0.4, -0.2) is 26.3 Å². The lowest BCUT2D eigenvalue weighted by atomic mass is 10.2.